The van der Waals surface area contributed by atoms with Gasteiger partial charge >= 0.3 is 0 Å². The van der Waals surface area contributed by atoms with E-state index in [-0.39, 0.29) is 6.29 Å². The first kappa shape index (κ1) is 14.2. The predicted molar refractivity (Wildman–Crippen MR) is 79.8 cm³/mol. The number of fused-ring (bicyclic) bond motifs is 1. The van der Waals surface area contributed by atoms with Crippen molar-refractivity contribution in [3.05, 3.63) is 23.7 Å². The van der Waals surface area contributed by atoms with Crippen LogP contribution < -0.4 is 5.32 Å². The standard InChI is InChI=1S/C14H20N2O2S/c1-3-17-14(18-4-2)7-8-15-11-5-6-12-13(9-11)19-10-16-12/h5-6,9-10,14-15H,3-4,7-8H2,1-2H3. The zero-order valence-corrected chi connectivity index (χ0v) is 12.2. The first-order valence-corrected chi connectivity index (χ1v) is 7.51. The Hall–Kier alpha value is -1.17. The van der Waals surface area contributed by atoms with Crippen molar-refractivity contribution in [2.75, 3.05) is 25.1 Å². The van der Waals surface area contributed by atoms with Crippen molar-refractivity contribution < 1.29 is 9.47 Å². The summed E-state index contributed by atoms with van der Waals surface area (Å²) in [6.45, 7) is 6.15. The van der Waals surface area contributed by atoms with Crippen LogP contribution in [-0.4, -0.2) is 31.0 Å². The molecule has 1 N–H and O–H groups in total. The van der Waals surface area contributed by atoms with E-state index in [0.717, 1.165) is 24.2 Å². The third-order valence-electron chi connectivity index (χ3n) is 2.75. The minimum atomic E-state index is -0.116. The van der Waals surface area contributed by atoms with Gasteiger partial charge in [-0.15, -0.1) is 11.3 Å². The van der Waals surface area contributed by atoms with Crippen LogP contribution in [0, 0.1) is 0 Å². The van der Waals surface area contributed by atoms with Crippen molar-refractivity contribution in [3.63, 3.8) is 0 Å². The lowest BCUT2D eigenvalue weighted by molar-refractivity contribution is -0.137. The third-order valence-corrected chi connectivity index (χ3v) is 3.54. The van der Waals surface area contributed by atoms with Crippen LogP contribution in [0.5, 0.6) is 0 Å². The van der Waals surface area contributed by atoms with Gasteiger partial charge in [0.1, 0.15) is 0 Å². The molecular formula is C14H20N2O2S. The smallest absolute Gasteiger partial charge is 0.159 e. The maximum Gasteiger partial charge on any atom is 0.159 e. The van der Waals surface area contributed by atoms with Crippen LogP contribution in [0.25, 0.3) is 10.2 Å². The van der Waals surface area contributed by atoms with Crippen LogP contribution in [0.15, 0.2) is 23.7 Å². The average molecular weight is 280 g/mol. The van der Waals surface area contributed by atoms with Crippen molar-refractivity contribution >= 4 is 27.2 Å². The lowest BCUT2D eigenvalue weighted by Crippen LogP contribution is -2.21. The number of anilines is 1. The van der Waals surface area contributed by atoms with E-state index in [0.29, 0.717) is 13.2 Å². The Morgan fingerprint density at radius 3 is 2.79 bits per heavy atom. The molecule has 0 radical (unpaired) electrons. The number of hydrogen-bond acceptors (Lipinski definition) is 5. The highest BCUT2D eigenvalue weighted by atomic mass is 32.1. The molecule has 0 saturated carbocycles. The number of rotatable bonds is 8. The molecule has 19 heavy (non-hydrogen) atoms. The highest BCUT2D eigenvalue weighted by Gasteiger charge is 2.07. The van der Waals surface area contributed by atoms with E-state index in [1.165, 1.54) is 4.70 Å². The lowest BCUT2D eigenvalue weighted by Gasteiger charge is -2.17. The molecule has 0 bridgehead atoms. The molecule has 0 fully saturated rings. The lowest BCUT2D eigenvalue weighted by atomic mass is 10.3. The molecule has 2 aromatic rings. The molecule has 1 aromatic heterocycles. The van der Waals surface area contributed by atoms with Gasteiger partial charge in [0, 0.05) is 31.9 Å². The van der Waals surface area contributed by atoms with Crippen LogP contribution in [0.2, 0.25) is 0 Å². The quantitative estimate of drug-likeness (QED) is 0.752. The van der Waals surface area contributed by atoms with Crippen molar-refractivity contribution in [2.45, 2.75) is 26.6 Å². The highest BCUT2D eigenvalue weighted by molar-refractivity contribution is 7.16. The molecule has 0 aliphatic heterocycles. The van der Waals surface area contributed by atoms with Gasteiger partial charge in [-0.25, -0.2) is 4.98 Å². The Morgan fingerprint density at radius 1 is 1.26 bits per heavy atom. The van der Waals surface area contributed by atoms with Crippen LogP contribution in [0.3, 0.4) is 0 Å². The van der Waals surface area contributed by atoms with E-state index >= 15 is 0 Å². The van der Waals surface area contributed by atoms with E-state index in [9.17, 15) is 0 Å². The second-order valence-electron chi connectivity index (χ2n) is 4.09. The van der Waals surface area contributed by atoms with Gasteiger partial charge < -0.3 is 14.8 Å². The molecule has 5 heteroatoms. The number of thiazole rings is 1. The second kappa shape index (κ2) is 7.43. The fraction of sp³-hybridized carbons (Fsp3) is 0.500. The Kier molecular flexibility index (Phi) is 5.57. The largest absolute Gasteiger partial charge is 0.385 e. The fourth-order valence-electron chi connectivity index (χ4n) is 1.89. The summed E-state index contributed by atoms with van der Waals surface area (Å²) in [5, 5.41) is 3.39. The second-order valence-corrected chi connectivity index (χ2v) is 4.98. The van der Waals surface area contributed by atoms with Crippen molar-refractivity contribution in [1.29, 1.82) is 0 Å². The molecule has 0 spiro atoms. The zero-order valence-electron chi connectivity index (χ0n) is 11.4. The monoisotopic (exact) mass is 280 g/mol. The maximum absolute atomic E-state index is 5.51. The number of nitrogens with zero attached hydrogens (tertiary/aromatic N) is 1. The molecule has 0 aliphatic rings. The number of nitrogens with one attached hydrogen (secondary N) is 1. The van der Waals surface area contributed by atoms with Crippen LogP contribution >= 0.6 is 11.3 Å². The van der Waals surface area contributed by atoms with Gasteiger partial charge in [-0.2, -0.15) is 0 Å². The van der Waals surface area contributed by atoms with Gasteiger partial charge in [-0.1, -0.05) is 0 Å². The van der Waals surface area contributed by atoms with E-state index in [2.05, 4.69) is 22.4 Å². The molecule has 0 atom stereocenters. The Bertz CT molecular complexity index is 495. The Morgan fingerprint density at radius 2 is 2.05 bits per heavy atom. The van der Waals surface area contributed by atoms with Gasteiger partial charge in [-0.3, -0.25) is 0 Å². The van der Waals surface area contributed by atoms with E-state index in [1.807, 2.05) is 25.4 Å². The van der Waals surface area contributed by atoms with Crippen LogP contribution in [0.1, 0.15) is 20.3 Å². The molecule has 1 aromatic carbocycles. The van der Waals surface area contributed by atoms with Crippen molar-refractivity contribution in [2.24, 2.45) is 0 Å². The topological polar surface area (TPSA) is 43.4 Å². The molecule has 1 heterocycles. The zero-order chi connectivity index (χ0) is 13.5. The van der Waals surface area contributed by atoms with Gasteiger partial charge in [0.15, 0.2) is 6.29 Å². The van der Waals surface area contributed by atoms with Gasteiger partial charge in [0.2, 0.25) is 0 Å². The SMILES string of the molecule is CCOC(CCNc1ccc2ncsc2c1)OCC. The van der Waals surface area contributed by atoms with E-state index in [4.69, 9.17) is 9.47 Å². The minimum absolute atomic E-state index is 0.116. The van der Waals surface area contributed by atoms with Crippen molar-refractivity contribution in [3.8, 4) is 0 Å². The summed E-state index contributed by atoms with van der Waals surface area (Å²) in [5.74, 6) is 0. The molecule has 0 aliphatic carbocycles. The minimum Gasteiger partial charge on any atom is -0.385 e. The predicted octanol–water partition coefficient (Wildman–Crippen LogP) is 3.50. The summed E-state index contributed by atoms with van der Waals surface area (Å²) < 4.78 is 12.2. The molecule has 0 saturated heterocycles. The first-order chi connectivity index (χ1) is 9.33. The summed E-state index contributed by atoms with van der Waals surface area (Å²) >= 11 is 1.66. The molecule has 0 amide bonds. The van der Waals surface area contributed by atoms with Gasteiger partial charge in [0.25, 0.3) is 0 Å². The number of benzene rings is 1. The number of hydrogen-bond donors (Lipinski definition) is 1. The van der Waals surface area contributed by atoms with Gasteiger partial charge in [0.05, 0.1) is 15.7 Å². The third kappa shape index (κ3) is 4.16. The summed E-state index contributed by atoms with van der Waals surface area (Å²) in [6.07, 6.45) is 0.720. The summed E-state index contributed by atoms with van der Waals surface area (Å²) in [4.78, 5) is 4.27. The first-order valence-electron chi connectivity index (χ1n) is 6.63. The van der Waals surface area contributed by atoms with Gasteiger partial charge in [-0.05, 0) is 32.0 Å². The maximum atomic E-state index is 5.51. The normalized spacial score (nSPS) is 11.3. The Labute approximate surface area is 117 Å². The van der Waals surface area contributed by atoms with Crippen LogP contribution in [-0.2, 0) is 9.47 Å². The van der Waals surface area contributed by atoms with Crippen molar-refractivity contribution in [1.82, 2.24) is 4.98 Å². The summed E-state index contributed by atoms with van der Waals surface area (Å²) in [5.41, 5.74) is 4.04. The highest BCUT2D eigenvalue weighted by Crippen LogP contribution is 2.21. The molecule has 104 valence electrons. The summed E-state index contributed by atoms with van der Waals surface area (Å²) in [7, 11) is 0. The molecule has 2 rings (SSSR count). The molecular weight excluding hydrogens is 260 g/mol. The Balaban J connectivity index is 1.83. The fourth-order valence-corrected chi connectivity index (χ4v) is 2.60. The van der Waals surface area contributed by atoms with E-state index in [1.54, 1.807) is 11.3 Å². The molecule has 4 nitrogen and oxygen atoms in total. The number of ether oxygens (including phenoxy) is 2. The summed E-state index contributed by atoms with van der Waals surface area (Å²) in [6, 6.07) is 6.22. The van der Waals surface area contributed by atoms with E-state index < -0.39 is 0 Å². The van der Waals surface area contributed by atoms with Crippen LogP contribution in [0.4, 0.5) is 5.69 Å². The average Bonchev–Trinajstić information content (AvgIpc) is 2.86. The number of aromatic nitrogens is 1. The molecule has 0 unspecified atom stereocenters.